The Morgan fingerprint density at radius 3 is 2.65 bits per heavy atom. The highest BCUT2D eigenvalue weighted by Gasteiger charge is 2.17. The molecule has 0 fully saturated rings. The molecule has 2 aromatic rings. The van der Waals surface area contributed by atoms with Crippen LogP contribution in [0.15, 0.2) is 24.4 Å². The Balaban J connectivity index is 2.53. The fourth-order valence-electron chi connectivity index (χ4n) is 2.61. The molecule has 0 aliphatic heterocycles. The van der Waals surface area contributed by atoms with Gasteiger partial charge in [-0.25, -0.2) is 0 Å². The highest BCUT2D eigenvalue weighted by atomic mass is 16.5. The van der Waals surface area contributed by atoms with E-state index in [1.165, 1.54) is 22.9 Å². The molecule has 1 aromatic heterocycles. The van der Waals surface area contributed by atoms with Gasteiger partial charge < -0.3 is 9.72 Å². The molecule has 0 aliphatic carbocycles. The van der Waals surface area contributed by atoms with Gasteiger partial charge >= 0.3 is 0 Å². The molecule has 2 rings (SSSR count). The van der Waals surface area contributed by atoms with Gasteiger partial charge in [-0.05, 0) is 42.0 Å². The Bertz CT molecular complexity index is 499. The van der Waals surface area contributed by atoms with E-state index in [1.807, 2.05) is 6.07 Å². The Hall–Kier alpha value is -1.44. The molecule has 0 saturated carbocycles. The maximum atomic E-state index is 5.31. The minimum Gasteiger partial charge on any atom is -0.497 e. The van der Waals surface area contributed by atoms with E-state index in [9.17, 15) is 0 Å². The number of benzene rings is 1. The molecule has 0 aliphatic rings. The average molecular weight is 231 g/mol. The summed E-state index contributed by atoms with van der Waals surface area (Å²) in [5, 5.41) is 1.30. The first-order valence-electron chi connectivity index (χ1n) is 6.32. The molecule has 17 heavy (non-hydrogen) atoms. The number of methoxy groups -OCH3 is 1. The summed E-state index contributed by atoms with van der Waals surface area (Å²) in [4.78, 5) is 3.35. The monoisotopic (exact) mass is 231 g/mol. The quantitative estimate of drug-likeness (QED) is 0.832. The van der Waals surface area contributed by atoms with E-state index in [1.54, 1.807) is 7.11 Å². The normalized spacial score (nSPS) is 13.2. The highest BCUT2D eigenvalue weighted by Crippen LogP contribution is 2.34. The summed E-state index contributed by atoms with van der Waals surface area (Å²) in [5.41, 5.74) is 2.61. The Morgan fingerprint density at radius 2 is 2.06 bits per heavy atom. The molecule has 1 aromatic carbocycles. The van der Waals surface area contributed by atoms with E-state index in [0.717, 1.165) is 5.75 Å². The second-order valence-electron chi connectivity index (χ2n) is 4.91. The van der Waals surface area contributed by atoms with Gasteiger partial charge in [0, 0.05) is 17.1 Å². The summed E-state index contributed by atoms with van der Waals surface area (Å²) in [6.07, 6.45) is 3.32. The van der Waals surface area contributed by atoms with Crippen LogP contribution in [0.4, 0.5) is 0 Å². The standard InChI is InChI=1S/C15H21NO/c1-5-12(10(2)3)14-9-16-15-7-6-11(17-4)8-13(14)15/h6-10,12,16H,5H2,1-4H3. The van der Waals surface area contributed by atoms with Crippen molar-refractivity contribution in [3.8, 4) is 5.75 Å². The molecule has 92 valence electrons. The average Bonchev–Trinajstić information content (AvgIpc) is 2.73. The number of aromatic nitrogens is 1. The molecular weight excluding hydrogens is 210 g/mol. The molecule has 0 amide bonds. The zero-order chi connectivity index (χ0) is 12.4. The third kappa shape index (κ3) is 2.17. The van der Waals surface area contributed by atoms with E-state index >= 15 is 0 Å². The van der Waals surface area contributed by atoms with Gasteiger partial charge in [-0.15, -0.1) is 0 Å². The van der Waals surface area contributed by atoms with Gasteiger partial charge in [-0.1, -0.05) is 20.8 Å². The third-order valence-electron chi connectivity index (χ3n) is 3.56. The Morgan fingerprint density at radius 1 is 1.29 bits per heavy atom. The number of hydrogen-bond donors (Lipinski definition) is 1. The van der Waals surface area contributed by atoms with E-state index in [0.29, 0.717) is 11.8 Å². The highest BCUT2D eigenvalue weighted by molar-refractivity contribution is 5.85. The van der Waals surface area contributed by atoms with Crippen LogP contribution in [0.5, 0.6) is 5.75 Å². The van der Waals surface area contributed by atoms with Crippen molar-refractivity contribution >= 4 is 10.9 Å². The Labute approximate surface area is 103 Å². The van der Waals surface area contributed by atoms with Crippen LogP contribution in [-0.4, -0.2) is 12.1 Å². The first-order chi connectivity index (χ1) is 8.17. The SMILES string of the molecule is CCC(c1c[nH]c2ccc(OC)cc12)C(C)C. The van der Waals surface area contributed by atoms with E-state index in [-0.39, 0.29) is 0 Å². The van der Waals surface area contributed by atoms with Crippen LogP contribution in [0.25, 0.3) is 10.9 Å². The van der Waals surface area contributed by atoms with Crippen molar-refractivity contribution in [1.82, 2.24) is 4.98 Å². The summed E-state index contributed by atoms with van der Waals surface area (Å²) >= 11 is 0. The van der Waals surface area contributed by atoms with Gasteiger partial charge in [0.25, 0.3) is 0 Å². The van der Waals surface area contributed by atoms with Crippen molar-refractivity contribution in [2.24, 2.45) is 5.92 Å². The first kappa shape index (κ1) is 12.0. The molecule has 1 heterocycles. The largest absolute Gasteiger partial charge is 0.497 e. The van der Waals surface area contributed by atoms with Crippen molar-refractivity contribution in [3.63, 3.8) is 0 Å². The van der Waals surface area contributed by atoms with Gasteiger partial charge in [0.2, 0.25) is 0 Å². The lowest BCUT2D eigenvalue weighted by Crippen LogP contribution is -2.04. The molecular formula is C15H21NO. The molecule has 0 radical (unpaired) electrons. The van der Waals surface area contributed by atoms with E-state index < -0.39 is 0 Å². The molecule has 2 heteroatoms. The topological polar surface area (TPSA) is 25.0 Å². The summed E-state index contributed by atoms with van der Waals surface area (Å²) in [6, 6.07) is 6.22. The number of rotatable bonds is 4. The van der Waals surface area contributed by atoms with Gasteiger partial charge in [-0.3, -0.25) is 0 Å². The zero-order valence-electron chi connectivity index (χ0n) is 11.1. The molecule has 0 spiro atoms. The number of aromatic amines is 1. The molecule has 1 unspecified atom stereocenters. The maximum absolute atomic E-state index is 5.31. The van der Waals surface area contributed by atoms with Crippen LogP contribution < -0.4 is 4.74 Å². The number of nitrogens with one attached hydrogen (secondary N) is 1. The van der Waals surface area contributed by atoms with Gasteiger partial charge in [-0.2, -0.15) is 0 Å². The number of fused-ring (bicyclic) bond motifs is 1. The van der Waals surface area contributed by atoms with Crippen LogP contribution in [0.2, 0.25) is 0 Å². The van der Waals surface area contributed by atoms with Crippen molar-refractivity contribution in [2.45, 2.75) is 33.1 Å². The molecule has 2 nitrogen and oxygen atoms in total. The molecule has 1 N–H and O–H groups in total. The Kier molecular flexibility index (Phi) is 3.41. The van der Waals surface area contributed by atoms with Crippen LogP contribution >= 0.6 is 0 Å². The number of hydrogen-bond acceptors (Lipinski definition) is 1. The van der Waals surface area contributed by atoms with Crippen LogP contribution in [-0.2, 0) is 0 Å². The van der Waals surface area contributed by atoms with Crippen LogP contribution in [0.3, 0.4) is 0 Å². The van der Waals surface area contributed by atoms with Crippen molar-refractivity contribution in [2.75, 3.05) is 7.11 Å². The number of ether oxygens (including phenoxy) is 1. The second-order valence-corrected chi connectivity index (χ2v) is 4.91. The minimum absolute atomic E-state index is 0.607. The predicted octanol–water partition coefficient (Wildman–Crippen LogP) is 4.33. The molecule has 0 bridgehead atoms. The zero-order valence-corrected chi connectivity index (χ0v) is 11.1. The molecule has 0 saturated heterocycles. The maximum Gasteiger partial charge on any atom is 0.119 e. The first-order valence-corrected chi connectivity index (χ1v) is 6.32. The van der Waals surface area contributed by atoms with E-state index in [2.05, 4.69) is 44.1 Å². The third-order valence-corrected chi connectivity index (χ3v) is 3.56. The number of H-pyrrole nitrogens is 1. The van der Waals surface area contributed by atoms with Crippen molar-refractivity contribution in [3.05, 3.63) is 30.0 Å². The lowest BCUT2D eigenvalue weighted by atomic mass is 9.86. The molecule has 1 atom stereocenters. The van der Waals surface area contributed by atoms with E-state index in [4.69, 9.17) is 4.74 Å². The van der Waals surface area contributed by atoms with Crippen LogP contribution in [0.1, 0.15) is 38.7 Å². The fourth-order valence-corrected chi connectivity index (χ4v) is 2.61. The van der Waals surface area contributed by atoms with Crippen molar-refractivity contribution < 1.29 is 4.74 Å². The summed E-state index contributed by atoms with van der Waals surface area (Å²) in [6.45, 7) is 6.82. The lowest BCUT2D eigenvalue weighted by Gasteiger charge is -2.18. The van der Waals surface area contributed by atoms with Crippen molar-refractivity contribution in [1.29, 1.82) is 0 Å². The summed E-state index contributed by atoms with van der Waals surface area (Å²) in [7, 11) is 1.72. The lowest BCUT2D eigenvalue weighted by molar-refractivity contribution is 0.415. The fraction of sp³-hybridized carbons (Fsp3) is 0.467. The second kappa shape index (κ2) is 4.82. The summed E-state index contributed by atoms with van der Waals surface area (Å²) < 4.78 is 5.31. The minimum atomic E-state index is 0.607. The summed E-state index contributed by atoms with van der Waals surface area (Å²) in [5.74, 6) is 2.19. The van der Waals surface area contributed by atoms with Gasteiger partial charge in [0.1, 0.15) is 5.75 Å². The van der Waals surface area contributed by atoms with Gasteiger partial charge in [0.05, 0.1) is 7.11 Å². The van der Waals surface area contributed by atoms with Crippen LogP contribution in [0, 0.1) is 5.92 Å². The predicted molar refractivity (Wildman–Crippen MR) is 72.7 cm³/mol. The van der Waals surface area contributed by atoms with Gasteiger partial charge in [0.15, 0.2) is 0 Å². The smallest absolute Gasteiger partial charge is 0.119 e.